The Labute approximate surface area is 130 Å². The fraction of sp³-hybridized carbons (Fsp3) is 0.0625. The maximum atomic E-state index is 12.4. The molecular weight excluding hydrogens is 298 g/mol. The van der Waals surface area contributed by atoms with E-state index in [1.54, 1.807) is 24.3 Å². The van der Waals surface area contributed by atoms with Gasteiger partial charge in [-0.05, 0) is 23.8 Å². The Morgan fingerprint density at radius 2 is 1.83 bits per heavy atom. The van der Waals surface area contributed by atoms with Crippen molar-refractivity contribution < 1.29 is 14.5 Å². The average Bonchev–Trinajstić information content (AvgIpc) is 2.79. The summed E-state index contributed by atoms with van der Waals surface area (Å²) in [6, 6.07) is 12.2. The van der Waals surface area contributed by atoms with E-state index in [4.69, 9.17) is 5.26 Å². The summed E-state index contributed by atoms with van der Waals surface area (Å²) >= 11 is 0. The number of benzene rings is 2. The van der Waals surface area contributed by atoms with E-state index in [9.17, 15) is 19.7 Å². The fourth-order valence-corrected chi connectivity index (χ4v) is 2.46. The third kappa shape index (κ3) is 2.42. The van der Waals surface area contributed by atoms with Gasteiger partial charge in [-0.1, -0.05) is 12.1 Å². The Morgan fingerprint density at radius 1 is 1.09 bits per heavy atom. The SMILES string of the molecule is N#Cc1cccc(CN2C(=O)c3ccc([N+](=O)[O-])cc3C2=O)c1. The summed E-state index contributed by atoms with van der Waals surface area (Å²) < 4.78 is 0. The second kappa shape index (κ2) is 5.35. The summed E-state index contributed by atoms with van der Waals surface area (Å²) in [6.07, 6.45) is 0. The smallest absolute Gasteiger partial charge is 0.270 e. The molecule has 0 spiro atoms. The predicted molar refractivity (Wildman–Crippen MR) is 78.5 cm³/mol. The molecule has 112 valence electrons. The van der Waals surface area contributed by atoms with E-state index in [2.05, 4.69) is 0 Å². The van der Waals surface area contributed by atoms with Crippen LogP contribution in [0.3, 0.4) is 0 Å². The van der Waals surface area contributed by atoms with Crippen LogP contribution >= 0.6 is 0 Å². The van der Waals surface area contributed by atoms with Gasteiger partial charge in [-0.25, -0.2) is 0 Å². The highest BCUT2D eigenvalue weighted by Crippen LogP contribution is 2.28. The fourth-order valence-electron chi connectivity index (χ4n) is 2.46. The first-order valence-corrected chi connectivity index (χ1v) is 6.65. The van der Waals surface area contributed by atoms with E-state index < -0.39 is 16.7 Å². The van der Waals surface area contributed by atoms with E-state index >= 15 is 0 Å². The van der Waals surface area contributed by atoms with Gasteiger partial charge in [-0.3, -0.25) is 24.6 Å². The first-order chi connectivity index (χ1) is 11.0. The summed E-state index contributed by atoms with van der Waals surface area (Å²) in [7, 11) is 0. The number of imide groups is 1. The third-order valence-corrected chi connectivity index (χ3v) is 3.56. The molecule has 0 saturated carbocycles. The van der Waals surface area contributed by atoms with Gasteiger partial charge in [0.1, 0.15) is 0 Å². The topological polar surface area (TPSA) is 104 Å². The van der Waals surface area contributed by atoms with Crippen molar-refractivity contribution in [3.05, 3.63) is 74.8 Å². The number of nitro groups is 1. The van der Waals surface area contributed by atoms with Gasteiger partial charge in [0, 0.05) is 12.1 Å². The van der Waals surface area contributed by atoms with E-state index in [1.165, 1.54) is 12.1 Å². The summed E-state index contributed by atoms with van der Waals surface area (Å²) in [5, 5.41) is 19.7. The Balaban J connectivity index is 1.94. The maximum absolute atomic E-state index is 12.4. The highest BCUT2D eigenvalue weighted by molar-refractivity contribution is 6.21. The van der Waals surface area contributed by atoms with Crippen molar-refractivity contribution in [2.24, 2.45) is 0 Å². The number of carbonyl (C=O) groups excluding carboxylic acids is 2. The predicted octanol–water partition coefficient (Wildman–Crippen LogP) is 2.26. The standard InChI is InChI=1S/C16H9N3O4/c17-8-10-2-1-3-11(6-10)9-18-15(20)13-5-4-12(19(22)23)7-14(13)16(18)21/h1-7H,9H2. The lowest BCUT2D eigenvalue weighted by Gasteiger charge is -2.13. The van der Waals surface area contributed by atoms with Crippen molar-refractivity contribution in [3.63, 3.8) is 0 Å². The molecule has 0 saturated heterocycles. The minimum absolute atomic E-state index is 0.00959. The second-order valence-corrected chi connectivity index (χ2v) is 5.00. The average molecular weight is 307 g/mol. The molecule has 0 unspecified atom stereocenters. The van der Waals surface area contributed by atoms with Gasteiger partial charge in [0.2, 0.25) is 0 Å². The molecule has 1 heterocycles. The number of nitrogens with zero attached hydrogens (tertiary/aromatic N) is 3. The number of fused-ring (bicyclic) bond motifs is 1. The summed E-state index contributed by atoms with van der Waals surface area (Å²) in [5.74, 6) is -1.07. The van der Waals surface area contributed by atoms with Crippen molar-refractivity contribution in [1.82, 2.24) is 4.90 Å². The molecule has 7 nitrogen and oxygen atoms in total. The molecule has 2 amide bonds. The van der Waals surface area contributed by atoms with Crippen molar-refractivity contribution in [3.8, 4) is 6.07 Å². The Kier molecular flexibility index (Phi) is 3.35. The number of rotatable bonds is 3. The van der Waals surface area contributed by atoms with Crippen molar-refractivity contribution in [1.29, 1.82) is 5.26 Å². The Bertz CT molecular complexity index is 898. The molecule has 0 N–H and O–H groups in total. The molecule has 1 aliphatic heterocycles. The van der Waals surface area contributed by atoms with Crippen LogP contribution in [0.5, 0.6) is 0 Å². The van der Waals surface area contributed by atoms with Crippen LogP contribution in [0.4, 0.5) is 5.69 Å². The lowest BCUT2D eigenvalue weighted by molar-refractivity contribution is -0.384. The zero-order chi connectivity index (χ0) is 16.6. The van der Waals surface area contributed by atoms with Crippen LogP contribution in [0.2, 0.25) is 0 Å². The number of nitro benzene ring substituents is 1. The van der Waals surface area contributed by atoms with Crippen molar-refractivity contribution in [2.75, 3.05) is 0 Å². The molecule has 23 heavy (non-hydrogen) atoms. The molecule has 1 aliphatic rings. The monoisotopic (exact) mass is 307 g/mol. The largest absolute Gasteiger partial charge is 0.270 e. The third-order valence-electron chi connectivity index (χ3n) is 3.56. The molecule has 0 atom stereocenters. The molecule has 7 heteroatoms. The van der Waals surface area contributed by atoms with Crippen LogP contribution < -0.4 is 0 Å². The normalized spacial score (nSPS) is 12.9. The molecule has 3 rings (SSSR count). The molecule has 2 aromatic carbocycles. The minimum atomic E-state index is -0.614. The van der Waals surface area contributed by atoms with Gasteiger partial charge >= 0.3 is 0 Å². The molecule has 0 aromatic heterocycles. The van der Waals surface area contributed by atoms with Gasteiger partial charge in [0.25, 0.3) is 17.5 Å². The number of nitriles is 1. The number of carbonyl (C=O) groups is 2. The minimum Gasteiger partial charge on any atom is -0.270 e. The van der Waals surface area contributed by atoms with Gasteiger partial charge in [0.05, 0.1) is 34.2 Å². The van der Waals surface area contributed by atoms with Crippen LogP contribution in [0, 0.1) is 21.4 Å². The number of hydrogen-bond acceptors (Lipinski definition) is 5. The van der Waals surface area contributed by atoms with Crippen LogP contribution in [0.1, 0.15) is 31.8 Å². The maximum Gasteiger partial charge on any atom is 0.270 e. The van der Waals surface area contributed by atoms with Crippen molar-refractivity contribution in [2.45, 2.75) is 6.54 Å². The Hall–Kier alpha value is -3.53. The summed E-state index contributed by atoms with van der Waals surface area (Å²) in [4.78, 5) is 35.9. The zero-order valence-corrected chi connectivity index (χ0v) is 11.7. The first-order valence-electron chi connectivity index (χ1n) is 6.65. The lowest BCUT2D eigenvalue weighted by atomic mass is 10.1. The van der Waals surface area contributed by atoms with Gasteiger partial charge in [-0.15, -0.1) is 0 Å². The highest BCUT2D eigenvalue weighted by atomic mass is 16.6. The number of non-ortho nitro benzene ring substituents is 1. The quantitative estimate of drug-likeness (QED) is 0.491. The molecular formula is C16H9N3O4. The summed E-state index contributed by atoms with van der Waals surface area (Å²) in [5.41, 5.74) is 0.999. The zero-order valence-electron chi connectivity index (χ0n) is 11.7. The van der Waals surface area contributed by atoms with Crippen LogP contribution in [-0.4, -0.2) is 21.6 Å². The van der Waals surface area contributed by atoms with E-state index in [0.29, 0.717) is 11.1 Å². The van der Waals surface area contributed by atoms with Crippen LogP contribution in [0.15, 0.2) is 42.5 Å². The van der Waals surface area contributed by atoms with Crippen LogP contribution in [-0.2, 0) is 6.54 Å². The van der Waals surface area contributed by atoms with Crippen LogP contribution in [0.25, 0.3) is 0 Å². The molecule has 2 aromatic rings. The number of amides is 2. The molecule has 0 fully saturated rings. The van der Waals surface area contributed by atoms with E-state index in [1.807, 2.05) is 6.07 Å². The molecule has 0 aliphatic carbocycles. The van der Waals surface area contributed by atoms with Gasteiger partial charge < -0.3 is 0 Å². The van der Waals surface area contributed by atoms with E-state index in [-0.39, 0.29) is 23.4 Å². The van der Waals surface area contributed by atoms with E-state index in [0.717, 1.165) is 11.0 Å². The highest BCUT2D eigenvalue weighted by Gasteiger charge is 2.36. The molecule has 0 radical (unpaired) electrons. The first kappa shape index (κ1) is 14.4. The van der Waals surface area contributed by atoms with Gasteiger partial charge in [-0.2, -0.15) is 5.26 Å². The van der Waals surface area contributed by atoms with Crippen molar-refractivity contribution >= 4 is 17.5 Å². The summed E-state index contributed by atoms with van der Waals surface area (Å²) in [6.45, 7) is 0.00959. The Morgan fingerprint density at radius 3 is 2.52 bits per heavy atom. The number of hydrogen-bond donors (Lipinski definition) is 0. The molecule has 0 bridgehead atoms. The second-order valence-electron chi connectivity index (χ2n) is 5.00. The van der Waals surface area contributed by atoms with Gasteiger partial charge in [0.15, 0.2) is 0 Å². The lowest BCUT2D eigenvalue weighted by Crippen LogP contribution is -2.29.